The fraction of sp³-hybridized carbons (Fsp3) is 0.571. The van der Waals surface area contributed by atoms with E-state index in [0.29, 0.717) is 0 Å². The third-order valence-electron chi connectivity index (χ3n) is 3.63. The molecule has 104 valence electrons. The Bertz CT molecular complexity index is 418. The lowest BCUT2D eigenvalue weighted by molar-refractivity contribution is -0.127. The van der Waals surface area contributed by atoms with Crippen LogP contribution in [-0.2, 0) is 11.3 Å². The van der Waals surface area contributed by atoms with E-state index in [1.165, 1.54) is 0 Å². The third kappa shape index (κ3) is 3.44. The number of carbonyl (C=O) groups is 1. The predicted molar refractivity (Wildman–Crippen MR) is 75.9 cm³/mol. The lowest BCUT2D eigenvalue weighted by Crippen LogP contribution is -2.48. The number of hydrogen-bond acceptors (Lipinski definition) is 4. The molecule has 0 aliphatic carbocycles. The topological polar surface area (TPSA) is 57.3 Å². The van der Waals surface area contributed by atoms with Crippen LogP contribution in [-0.4, -0.2) is 42.5 Å². The van der Waals surface area contributed by atoms with Crippen molar-refractivity contribution in [2.45, 2.75) is 31.8 Å². The Kier molecular flexibility index (Phi) is 4.74. The highest BCUT2D eigenvalue weighted by atomic mass is 16.2. The highest BCUT2D eigenvalue weighted by molar-refractivity contribution is 5.81. The van der Waals surface area contributed by atoms with E-state index in [4.69, 9.17) is 0 Å². The Morgan fingerprint density at radius 1 is 1.42 bits per heavy atom. The standard InChI is InChI=1S/C14H22N4O/c1-15-13-7-6-11(9-17-13)10-18-8-4-3-5-12(18)14(19)16-2/h6-7,9,12H,3-5,8,10H2,1-2H3,(H,15,17)(H,16,19). The lowest BCUT2D eigenvalue weighted by Gasteiger charge is -2.34. The fourth-order valence-corrected chi connectivity index (χ4v) is 2.54. The van der Waals surface area contributed by atoms with E-state index in [1.807, 2.05) is 19.3 Å². The molecule has 1 aromatic rings. The van der Waals surface area contributed by atoms with Crippen molar-refractivity contribution in [3.05, 3.63) is 23.9 Å². The van der Waals surface area contributed by atoms with Gasteiger partial charge in [-0.3, -0.25) is 9.69 Å². The number of rotatable bonds is 4. The van der Waals surface area contributed by atoms with Crippen molar-refractivity contribution in [2.24, 2.45) is 0 Å². The Hall–Kier alpha value is -1.62. The second-order valence-corrected chi connectivity index (χ2v) is 4.90. The van der Waals surface area contributed by atoms with Gasteiger partial charge in [0.05, 0.1) is 6.04 Å². The molecular weight excluding hydrogens is 240 g/mol. The molecule has 1 saturated heterocycles. The van der Waals surface area contributed by atoms with E-state index in [-0.39, 0.29) is 11.9 Å². The molecule has 1 amide bonds. The van der Waals surface area contributed by atoms with Crippen LogP contribution in [0.4, 0.5) is 5.82 Å². The van der Waals surface area contributed by atoms with Gasteiger partial charge in [0.2, 0.25) is 5.91 Å². The number of likely N-dealkylation sites (tertiary alicyclic amines) is 1. The number of likely N-dealkylation sites (N-methyl/N-ethyl adjacent to an activating group) is 1. The van der Waals surface area contributed by atoms with Gasteiger partial charge in [0.1, 0.15) is 5.82 Å². The van der Waals surface area contributed by atoms with E-state index >= 15 is 0 Å². The van der Waals surface area contributed by atoms with E-state index in [1.54, 1.807) is 7.05 Å². The SMILES string of the molecule is CNC(=O)C1CCCCN1Cc1ccc(NC)nc1. The van der Waals surface area contributed by atoms with Crippen LogP contribution in [0.25, 0.3) is 0 Å². The van der Waals surface area contributed by atoms with Crippen LogP contribution in [0.3, 0.4) is 0 Å². The summed E-state index contributed by atoms with van der Waals surface area (Å²) >= 11 is 0. The first kappa shape index (κ1) is 13.8. The second kappa shape index (κ2) is 6.52. The van der Waals surface area contributed by atoms with Crippen LogP contribution in [0.5, 0.6) is 0 Å². The molecule has 19 heavy (non-hydrogen) atoms. The zero-order valence-electron chi connectivity index (χ0n) is 11.6. The Morgan fingerprint density at radius 2 is 2.26 bits per heavy atom. The smallest absolute Gasteiger partial charge is 0.237 e. The van der Waals surface area contributed by atoms with Crippen molar-refractivity contribution < 1.29 is 4.79 Å². The van der Waals surface area contributed by atoms with Crippen molar-refractivity contribution >= 4 is 11.7 Å². The summed E-state index contributed by atoms with van der Waals surface area (Å²) in [6.07, 6.45) is 5.12. The van der Waals surface area contributed by atoms with Gasteiger partial charge in [0.15, 0.2) is 0 Å². The summed E-state index contributed by atoms with van der Waals surface area (Å²) in [7, 11) is 3.56. The van der Waals surface area contributed by atoms with Crippen molar-refractivity contribution in [3.8, 4) is 0 Å². The number of carbonyl (C=O) groups excluding carboxylic acids is 1. The summed E-state index contributed by atoms with van der Waals surface area (Å²) in [5.41, 5.74) is 1.15. The van der Waals surface area contributed by atoms with Crippen molar-refractivity contribution in [1.29, 1.82) is 0 Å². The van der Waals surface area contributed by atoms with Gasteiger partial charge in [-0.1, -0.05) is 12.5 Å². The number of aromatic nitrogens is 1. The van der Waals surface area contributed by atoms with Crippen molar-refractivity contribution in [1.82, 2.24) is 15.2 Å². The normalized spacial score (nSPS) is 20.0. The fourth-order valence-electron chi connectivity index (χ4n) is 2.54. The molecule has 0 radical (unpaired) electrons. The molecule has 1 aliphatic rings. The molecule has 5 heteroatoms. The molecule has 2 heterocycles. The van der Waals surface area contributed by atoms with Crippen LogP contribution in [0.15, 0.2) is 18.3 Å². The summed E-state index contributed by atoms with van der Waals surface area (Å²) in [5.74, 6) is 0.991. The predicted octanol–water partition coefficient (Wildman–Crippen LogP) is 1.22. The Labute approximate surface area is 114 Å². The highest BCUT2D eigenvalue weighted by Gasteiger charge is 2.27. The molecular formula is C14H22N4O. The minimum absolute atomic E-state index is 0.00252. The molecule has 1 atom stereocenters. The minimum Gasteiger partial charge on any atom is -0.373 e. The molecule has 1 fully saturated rings. The first-order valence-corrected chi connectivity index (χ1v) is 6.83. The number of amides is 1. The van der Waals surface area contributed by atoms with Gasteiger partial charge in [0, 0.05) is 26.8 Å². The summed E-state index contributed by atoms with van der Waals surface area (Å²) in [6, 6.07) is 4.03. The molecule has 0 saturated carbocycles. The molecule has 0 bridgehead atoms. The molecule has 0 spiro atoms. The first-order chi connectivity index (χ1) is 9.24. The number of anilines is 1. The zero-order valence-corrected chi connectivity index (χ0v) is 11.6. The van der Waals surface area contributed by atoms with Gasteiger partial charge in [-0.05, 0) is 31.0 Å². The van der Waals surface area contributed by atoms with E-state index < -0.39 is 0 Å². The van der Waals surface area contributed by atoms with Gasteiger partial charge in [-0.2, -0.15) is 0 Å². The molecule has 2 N–H and O–H groups in total. The maximum atomic E-state index is 11.9. The van der Waals surface area contributed by atoms with Gasteiger partial charge in [0.25, 0.3) is 0 Å². The van der Waals surface area contributed by atoms with Gasteiger partial charge in [-0.15, -0.1) is 0 Å². The number of hydrogen-bond donors (Lipinski definition) is 2. The largest absolute Gasteiger partial charge is 0.373 e. The summed E-state index contributed by atoms with van der Waals surface area (Å²) in [5, 5.41) is 5.77. The summed E-state index contributed by atoms with van der Waals surface area (Å²) in [4.78, 5) is 18.5. The number of pyridine rings is 1. The highest BCUT2D eigenvalue weighted by Crippen LogP contribution is 2.20. The van der Waals surface area contributed by atoms with Crippen LogP contribution in [0, 0.1) is 0 Å². The van der Waals surface area contributed by atoms with Gasteiger partial charge >= 0.3 is 0 Å². The first-order valence-electron chi connectivity index (χ1n) is 6.83. The number of piperidine rings is 1. The number of nitrogens with one attached hydrogen (secondary N) is 2. The molecule has 1 aromatic heterocycles. The molecule has 2 rings (SSSR count). The molecule has 1 aliphatic heterocycles. The second-order valence-electron chi connectivity index (χ2n) is 4.90. The average molecular weight is 262 g/mol. The van der Waals surface area contributed by atoms with E-state index in [9.17, 15) is 4.79 Å². The minimum atomic E-state index is 0.00252. The van der Waals surface area contributed by atoms with Crippen LogP contribution in [0.2, 0.25) is 0 Å². The van der Waals surface area contributed by atoms with Crippen molar-refractivity contribution in [3.63, 3.8) is 0 Å². The average Bonchev–Trinajstić information content (AvgIpc) is 2.48. The third-order valence-corrected chi connectivity index (χ3v) is 3.63. The van der Waals surface area contributed by atoms with Crippen LogP contribution in [0.1, 0.15) is 24.8 Å². The van der Waals surface area contributed by atoms with E-state index in [0.717, 1.165) is 43.7 Å². The Morgan fingerprint density at radius 3 is 2.89 bits per heavy atom. The molecule has 5 nitrogen and oxygen atoms in total. The quantitative estimate of drug-likeness (QED) is 0.857. The zero-order chi connectivity index (χ0) is 13.7. The summed E-state index contributed by atoms with van der Waals surface area (Å²) < 4.78 is 0. The van der Waals surface area contributed by atoms with Gasteiger partial charge in [-0.25, -0.2) is 4.98 Å². The van der Waals surface area contributed by atoms with Crippen molar-refractivity contribution in [2.75, 3.05) is 26.0 Å². The van der Waals surface area contributed by atoms with Crippen LogP contribution >= 0.6 is 0 Å². The van der Waals surface area contributed by atoms with Gasteiger partial charge < -0.3 is 10.6 Å². The molecule has 1 unspecified atom stereocenters. The summed E-state index contributed by atoms with van der Waals surface area (Å²) in [6.45, 7) is 1.76. The van der Waals surface area contributed by atoms with E-state index in [2.05, 4.69) is 26.6 Å². The monoisotopic (exact) mass is 262 g/mol. The maximum Gasteiger partial charge on any atom is 0.237 e. The maximum absolute atomic E-state index is 11.9. The van der Waals surface area contributed by atoms with Crippen LogP contribution < -0.4 is 10.6 Å². The Balaban J connectivity index is 2.03. The number of nitrogens with zero attached hydrogens (tertiary/aromatic N) is 2. The lowest BCUT2D eigenvalue weighted by atomic mass is 10.0. The molecule has 0 aromatic carbocycles.